The zero-order chi connectivity index (χ0) is 14.3. The number of hydrazine groups is 1. The summed E-state index contributed by atoms with van der Waals surface area (Å²) in [5.74, 6) is 0.144. The van der Waals surface area contributed by atoms with Crippen molar-refractivity contribution < 1.29 is 14.3 Å². The van der Waals surface area contributed by atoms with Gasteiger partial charge in [-0.1, -0.05) is 0 Å². The van der Waals surface area contributed by atoms with Crippen molar-refractivity contribution in [3.05, 3.63) is 29.8 Å². The van der Waals surface area contributed by atoms with Gasteiger partial charge in [0.2, 0.25) is 0 Å². The van der Waals surface area contributed by atoms with Crippen LogP contribution in [0.15, 0.2) is 24.3 Å². The summed E-state index contributed by atoms with van der Waals surface area (Å²) in [7, 11) is 3.40. The fourth-order valence-corrected chi connectivity index (χ4v) is 1.42. The van der Waals surface area contributed by atoms with Crippen LogP contribution in [0.2, 0.25) is 0 Å². The number of nitrogens with zero attached hydrogens (tertiary/aromatic N) is 1. The molecule has 0 aliphatic carbocycles. The van der Waals surface area contributed by atoms with Crippen LogP contribution in [0.4, 0.5) is 0 Å². The van der Waals surface area contributed by atoms with Crippen molar-refractivity contribution in [3.8, 4) is 5.75 Å². The lowest BCUT2D eigenvalue weighted by atomic mass is 10.2. The molecule has 0 saturated heterocycles. The summed E-state index contributed by atoms with van der Waals surface area (Å²) in [5.41, 5.74) is 3.02. The summed E-state index contributed by atoms with van der Waals surface area (Å²) >= 11 is 0. The number of rotatable bonds is 6. The predicted molar refractivity (Wildman–Crippen MR) is 71.8 cm³/mol. The second-order valence-corrected chi connectivity index (χ2v) is 4.07. The minimum Gasteiger partial charge on any atom is -0.494 e. The molecule has 2 amide bonds. The van der Waals surface area contributed by atoms with Crippen LogP contribution in [0.1, 0.15) is 17.3 Å². The second-order valence-electron chi connectivity index (χ2n) is 4.07. The van der Waals surface area contributed by atoms with Crippen LogP contribution in [0.3, 0.4) is 0 Å². The van der Waals surface area contributed by atoms with E-state index in [4.69, 9.17) is 4.74 Å². The van der Waals surface area contributed by atoms with Crippen molar-refractivity contribution >= 4 is 11.8 Å². The van der Waals surface area contributed by atoms with Gasteiger partial charge in [-0.3, -0.25) is 15.0 Å². The maximum atomic E-state index is 11.8. The van der Waals surface area contributed by atoms with Crippen molar-refractivity contribution in [2.45, 2.75) is 6.92 Å². The van der Waals surface area contributed by atoms with E-state index >= 15 is 0 Å². The van der Waals surface area contributed by atoms with Gasteiger partial charge in [0.05, 0.1) is 13.2 Å². The summed E-state index contributed by atoms with van der Waals surface area (Å²) in [5, 5.41) is 4.06. The van der Waals surface area contributed by atoms with Crippen molar-refractivity contribution in [2.24, 2.45) is 0 Å². The molecule has 0 bridgehead atoms. The number of carbonyl (C=O) groups excluding carboxylic acids is 2. The van der Waals surface area contributed by atoms with E-state index in [0.29, 0.717) is 17.9 Å². The van der Waals surface area contributed by atoms with Gasteiger partial charge in [-0.05, 0) is 31.2 Å². The third-order valence-electron chi connectivity index (χ3n) is 2.19. The van der Waals surface area contributed by atoms with Crippen LogP contribution in [0, 0.1) is 0 Å². The Balaban J connectivity index is 2.47. The van der Waals surface area contributed by atoms with Gasteiger partial charge in [-0.15, -0.1) is 0 Å². The highest BCUT2D eigenvalue weighted by atomic mass is 16.5. The van der Waals surface area contributed by atoms with Gasteiger partial charge < -0.3 is 10.1 Å². The molecular formula is C13H19N3O3. The van der Waals surface area contributed by atoms with Gasteiger partial charge in [0.15, 0.2) is 0 Å². The number of nitrogens with one attached hydrogen (secondary N) is 2. The predicted octanol–water partition coefficient (Wildman–Crippen LogP) is 0.408. The van der Waals surface area contributed by atoms with Gasteiger partial charge in [-0.2, -0.15) is 0 Å². The van der Waals surface area contributed by atoms with Crippen molar-refractivity contribution in [2.75, 3.05) is 27.2 Å². The first-order valence-electron chi connectivity index (χ1n) is 6.00. The van der Waals surface area contributed by atoms with Crippen molar-refractivity contribution in [1.29, 1.82) is 0 Å². The highest BCUT2D eigenvalue weighted by Crippen LogP contribution is 2.11. The fourth-order valence-electron chi connectivity index (χ4n) is 1.42. The molecule has 1 aromatic carbocycles. The Bertz CT molecular complexity index is 429. The summed E-state index contributed by atoms with van der Waals surface area (Å²) in [4.78, 5) is 23.1. The smallest absolute Gasteiger partial charge is 0.253 e. The zero-order valence-corrected chi connectivity index (χ0v) is 11.4. The minimum atomic E-state index is -0.294. The average Bonchev–Trinajstić information content (AvgIpc) is 2.36. The quantitative estimate of drug-likeness (QED) is 0.731. The Hall–Kier alpha value is -2.08. The maximum absolute atomic E-state index is 11.8. The molecule has 0 heterocycles. The molecule has 0 radical (unpaired) electrons. The number of carbonyl (C=O) groups is 2. The fraction of sp³-hybridized carbons (Fsp3) is 0.385. The van der Waals surface area contributed by atoms with Crippen molar-refractivity contribution in [3.63, 3.8) is 0 Å². The maximum Gasteiger partial charge on any atom is 0.253 e. The van der Waals surface area contributed by atoms with E-state index in [2.05, 4.69) is 10.7 Å². The zero-order valence-electron chi connectivity index (χ0n) is 11.4. The molecule has 0 atom stereocenters. The Labute approximate surface area is 112 Å². The topological polar surface area (TPSA) is 70.7 Å². The van der Waals surface area contributed by atoms with Gasteiger partial charge in [0.1, 0.15) is 5.75 Å². The Morgan fingerprint density at radius 2 is 1.84 bits per heavy atom. The first kappa shape index (κ1) is 15.0. The molecule has 19 heavy (non-hydrogen) atoms. The highest BCUT2D eigenvalue weighted by molar-refractivity contribution is 5.96. The van der Waals surface area contributed by atoms with E-state index in [1.165, 1.54) is 5.01 Å². The number of hydrogen-bond donors (Lipinski definition) is 2. The SMILES string of the molecule is CCOc1ccc(C(=O)NCC(=O)NN(C)C)cc1. The van der Waals surface area contributed by atoms with Crippen molar-refractivity contribution in [1.82, 2.24) is 15.8 Å². The van der Waals surface area contributed by atoms with E-state index in [1.54, 1.807) is 38.4 Å². The molecule has 0 spiro atoms. The molecule has 0 aliphatic rings. The Morgan fingerprint density at radius 1 is 1.21 bits per heavy atom. The van der Waals surface area contributed by atoms with E-state index in [0.717, 1.165) is 0 Å². The summed E-state index contributed by atoms with van der Waals surface area (Å²) in [6.45, 7) is 2.41. The Kier molecular flexibility index (Phi) is 5.81. The van der Waals surface area contributed by atoms with Gasteiger partial charge >= 0.3 is 0 Å². The first-order valence-corrected chi connectivity index (χ1v) is 6.00. The molecule has 6 heteroatoms. The van der Waals surface area contributed by atoms with Crippen LogP contribution in [-0.2, 0) is 4.79 Å². The molecule has 0 aromatic heterocycles. The van der Waals surface area contributed by atoms with Gasteiger partial charge in [0, 0.05) is 19.7 Å². The van der Waals surface area contributed by atoms with Crippen LogP contribution < -0.4 is 15.5 Å². The minimum absolute atomic E-state index is 0.0653. The largest absolute Gasteiger partial charge is 0.494 e. The number of hydrogen-bond acceptors (Lipinski definition) is 4. The highest BCUT2D eigenvalue weighted by Gasteiger charge is 2.08. The molecule has 0 aliphatic heterocycles. The molecule has 104 valence electrons. The third kappa shape index (κ3) is 5.39. The lowest BCUT2D eigenvalue weighted by molar-refractivity contribution is -0.123. The van der Waals surface area contributed by atoms with Crippen LogP contribution >= 0.6 is 0 Å². The summed E-state index contributed by atoms with van der Waals surface area (Å²) < 4.78 is 5.28. The molecule has 0 fully saturated rings. The third-order valence-corrected chi connectivity index (χ3v) is 2.19. The number of benzene rings is 1. The van der Waals surface area contributed by atoms with E-state index < -0.39 is 0 Å². The summed E-state index contributed by atoms with van der Waals surface area (Å²) in [6.07, 6.45) is 0. The molecule has 0 unspecified atom stereocenters. The van der Waals surface area contributed by atoms with E-state index in [1.807, 2.05) is 6.92 Å². The Morgan fingerprint density at radius 3 is 2.37 bits per heavy atom. The lowest BCUT2D eigenvalue weighted by Gasteiger charge is -2.12. The molecule has 1 aromatic rings. The number of ether oxygens (including phenoxy) is 1. The number of amides is 2. The molecule has 0 saturated carbocycles. The van der Waals surface area contributed by atoms with Crippen LogP contribution in [0.25, 0.3) is 0 Å². The normalized spacial score (nSPS) is 10.1. The first-order chi connectivity index (χ1) is 9.02. The molecule has 1 rings (SSSR count). The standard InChI is InChI=1S/C13H19N3O3/c1-4-19-11-7-5-10(6-8-11)13(18)14-9-12(17)15-16(2)3/h5-8H,4,9H2,1-3H3,(H,14,18)(H,15,17). The van der Waals surface area contributed by atoms with E-state index in [-0.39, 0.29) is 18.4 Å². The summed E-state index contributed by atoms with van der Waals surface area (Å²) in [6, 6.07) is 6.75. The molecular weight excluding hydrogens is 246 g/mol. The average molecular weight is 265 g/mol. The van der Waals surface area contributed by atoms with Crippen LogP contribution in [0.5, 0.6) is 5.75 Å². The monoisotopic (exact) mass is 265 g/mol. The lowest BCUT2D eigenvalue weighted by Crippen LogP contribution is -2.43. The van der Waals surface area contributed by atoms with Gasteiger partial charge in [-0.25, -0.2) is 5.01 Å². The van der Waals surface area contributed by atoms with Crippen LogP contribution in [-0.4, -0.2) is 44.1 Å². The van der Waals surface area contributed by atoms with E-state index in [9.17, 15) is 9.59 Å². The van der Waals surface area contributed by atoms with Gasteiger partial charge in [0.25, 0.3) is 11.8 Å². The molecule has 6 nitrogen and oxygen atoms in total. The molecule has 2 N–H and O–H groups in total. The second kappa shape index (κ2) is 7.38.